The number of aromatic amines is 1. The van der Waals surface area contributed by atoms with Gasteiger partial charge in [-0.3, -0.25) is 0 Å². The van der Waals surface area contributed by atoms with Crippen LogP contribution in [0, 0.1) is 0 Å². The maximum Gasteiger partial charge on any atom is 0.347 e. The van der Waals surface area contributed by atoms with Gasteiger partial charge in [-0.05, 0) is 0 Å². The van der Waals surface area contributed by atoms with Crippen LogP contribution in [0.15, 0.2) is 22.2 Å². The highest BCUT2D eigenvalue weighted by Gasteiger charge is 2.24. The van der Waals surface area contributed by atoms with Crippen molar-refractivity contribution in [3.63, 3.8) is 0 Å². The van der Waals surface area contributed by atoms with Crippen LogP contribution in [0.1, 0.15) is 0 Å². The van der Waals surface area contributed by atoms with Crippen molar-refractivity contribution in [2.24, 2.45) is 0 Å². The Morgan fingerprint density at radius 3 is 2.93 bits per heavy atom. The maximum atomic E-state index is 11.5. The van der Waals surface area contributed by atoms with E-state index in [4.69, 9.17) is 4.74 Å². The van der Waals surface area contributed by atoms with Crippen LogP contribution in [0.25, 0.3) is 0 Å². The molecular weight excluding hydrogens is 186 g/mol. The van der Waals surface area contributed by atoms with Gasteiger partial charge in [0.25, 0.3) is 0 Å². The summed E-state index contributed by atoms with van der Waals surface area (Å²) >= 11 is 0. The van der Waals surface area contributed by atoms with Gasteiger partial charge in [0.2, 0.25) is 0 Å². The van der Waals surface area contributed by atoms with Crippen LogP contribution in [-0.2, 0) is 17.8 Å². The van der Waals surface area contributed by atoms with Crippen molar-refractivity contribution >= 4 is 0 Å². The third-order valence-corrected chi connectivity index (χ3v) is 2.04. The Hall–Kier alpha value is -1.56. The summed E-state index contributed by atoms with van der Waals surface area (Å²) in [6.07, 6.45) is 1.58. The van der Waals surface area contributed by atoms with Crippen LogP contribution in [0.4, 0.5) is 0 Å². The van der Waals surface area contributed by atoms with E-state index in [0.717, 1.165) is 4.57 Å². The molecule has 2 heterocycles. The van der Waals surface area contributed by atoms with Crippen molar-refractivity contribution in [1.29, 1.82) is 0 Å². The lowest BCUT2D eigenvalue weighted by Crippen LogP contribution is -2.29. The number of hydrogen-bond donors (Lipinski definition) is 1. The lowest BCUT2D eigenvalue weighted by Gasteiger charge is -1.94. The molecule has 1 fully saturated rings. The maximum absolute atomic E-state index is 11.5. The number of H-pyrrole nitrogens is 1. The molecule has 0 saturated carbocycles. The standard InChI is InChI=1S/C8H11N3O3/c1-2-3-10-7(12)9-11(8(10)13)4-6-5-14-6/h2,6H,1,3-5H2,(H,9,12). The highest BCUT2D eigenvalue weighted by atomic mass is 16.6. The SMILES string of the molecule is C=CCn1c(=O)[nH]n(CC2CO2)c1=O. The highest BCUT2D eigenvalue weighted by Crippen LogP contribution is 2.08. The second kappa shape index (κ2) is 3.30. The van der Waals surface area contributed by atoms with E-state index in [1.54, 1.807) is 0 Å². The molecule has 1 N–H and O–H groups in total. The molecule has 1 aliphatic rings. The fourth-order valence-electron chi connectivity index (χ4n) is 1.25. The Kier molecular flexibility index (Phi) is 2.12. The van der Waals surface area contributed by atoms with Gasteiger partial charge in [-0.25, -0.2) is 23.9 Å². The minimum Gasteiger partial charge on any atom is -0.371 e. The van der Waals surface area contributed by atoms with E-state index < -0.39 is 5.69 Å². The number of ether oxygens (including phenoxy) is 1. The highest BCUT2D eigenvalue weighted by molar-refractivity contribution is 4.78. The zero-order valence-corrected chi connectivity index (χ0v) is 7.60. The van der Waals surface area contributed by atoms with Gasteiger partial charge in [0, 0.05) is 0 Å². The molecule has 1 atom stereocenters. The van der Waals surface area contributed by atoms with Crippen molar-refractivity contribution < 1.29 is 4.74 Å². The summed E-state index contributed by atoms with van der Waals surface area (Å²) in [5.41, 5.74) is -0.749. The van der Waals surface area contributed by atoms with E-state index in [9.17, 15) is 9.59 Å². The second-order valence-electron chi connectivity index (χ2n) is 3.16. The van der Waals surface area contributed by atoms with Crippen LogP contribution < -0.4 is 11.4 Å². The quantitative estimate of drug-likeness (QED) is 0.493. The average Bonchev–Trinajstić information content (AvgIpc) is 2.91. The molecule has 76 valence electrons. The van der Waals surface area contributed by atoms with Crippen LogP contribution in [0.2, 0.25) is 0 Å². The molecule has 1 unspecified atom stereocenters. The monoisotopic (exact) mass is 197 g/mol. The first-order valence-electron chi connectivity index (χ1n) is 4.34. The zero-order chi connectivity index (χ0) is 10.1. The lowest BCUT2D eigenvalue weighted by atomic mass is 10.5. The first kappa shape index (κ1) is 9.01. The Bertz CT molecular complexity index is 449. The smallest absolute Gasteiger partial charge is 0.347 e. The Morgan fingerprint density at radius 1 is 1.64 bits per heavy atom. The van der Waals surface area contributed by atoms with Gasteiger partial charge in [-0.1, -0.05) is 6.08 Å². The third kappa shape index (κ3) is 1.56. The van der Waals surface area contributed by atoms with Crippen molar-refractivity contribution in [2.45, 2.75) is 19.2 Å². The van der Waals surface area contributed by atoms with Crippen LogP contribution in [0.5, 0.6) is 0 Å². The summed E-state index contributed by atoms with van der Waals surface area (Å²) in [6, 6.07) is 0. The second-order valence-corrected chi connectivity index (χ2v) is 3.16. The molecule has 6 heteroatoms. The molecule has 1 aromatic heterocycles. The molecule has 0 aromatic carbocycles. The van der Waals surface area contributed by atoms with E-state index in [1.807, 2.05) is 0 Å². The van der Waals surface area contributed by atoms with E-state index in [1.165, 1.54) is 10.8 Å². The molecule has 1 aromatic rings. The van der Waals surface area contributed by atoms with Gasteiger partial charge in [-0.2, -0.15) is 0 Å². The molecule has 0 radical (unpaired) electrons. The van der Waals surface area contributed by atoms with Gasteiger partial charge in [0.05, 0.1) is 19.7 Å². The molecular formula is C8H11N3O3. The fourth-order valence-corrected chi connectivity index (χ4v) is 1.25. The summed E-state index contributed by atoms with van der Waals surface area (Å²) in [5.74, 6) is 0. The summed E-state index contributed by atoms with van der Waals surface area (Å²) in [6.45, 7) is 4.77. The van der Waals surface area contributed by atoms with E-state index in [0.29, 0.717) is 13.2 Å². The number of nitrogens with zero attached hydrogens (tertiary/aromatic N) is 2. The average molecular weight is 197 g/mol. The Morgan fingerprint density at radius 2 is 2.36 bits per heavy atom. The van der Waals surface area contributed by atoms with E-state index in [2.05, 4.69) is 11.7 Å². The van der Waals surface area contributed by atoms with E-state index >= 15 is 0 Å². The summed E-state index contributed by atoms with van der Waals surface area (Å²) in [5, 5.41) is 2.45. The first-order valence-corrected chi connectivity index (χ1v) is 4.34. The summed E-state index contributed by atoms with van der Waals surface area (Å²) < 4.78 is 7.33. The number of hydrogen-bond acceptors (Lipinski definition) is 3. The largest absolute Gasteiger partial charge is 0.371 e. The van der Waals surface area contributed by atoms with Crippen LogP contribution in [0.3, 0.4) is 0 Å². The molecule has 0 amide bonds. The lowest BCUT2D eigenvalue weighted by molar-refractivity contribution is 0.369. The molecule has 0 spiro atoms. The van der Waals surface area contributed by atoms with Gasteiger partial charge in [0.15, 0.2) is 0 Å². The Balaban J connectivity index is 2.32. The first-order chi connectivity index (χ1) is 6.72. The minimum absolute atomic E-state index is 0.0722. The number of epoxide rings is 1. The topological polar surface area (TPSA) is 72.3 Å². The molecule has 1 saturated heterocycles. The third-order valence-electron chi connectivity index (χ3n) is 2.04. The molecule has 6 nitrogen and oxygen atoms in total. The number of nitrogens with one attached hydrogen (secondary N) is 1. The molecule has 0 aliphatic carbocycles. The van der Waals surface area contributed by atoms with Gasteiger partial charge < -0.3 is 4.74 Å². The van der Waals surface area contributed by atoms with Crippen molar-refractivity contribution in [2.75, 3.05) is 6.61 Å². The normalized spacial score (nSPS) is 19.6. The Labute approximate surface area is 79.4 Å². The van der Waals surface area contributed by atoms with Crippen molar-refractivity contribution in [3.05, 3.63) is 33.6 Å². The fraction of sp³-hybridized carbons (Fsp3) is 0.500. The summed E-state index contributed by atoms with van der Waals surface area (Å²) in [4.78, 5) is 22.8. The van der Waals surface area contributed by atoms with Gasteiger partial charge >= 0.3 is 11.4 Å². The predicted octanol–water partition coefficient (Wildman–Crippen LogP) is -1.08. The molecule has 2 rings (SSSR count). The molecule has 1 aliphatic heterocycles. The van der Waals surface area contributed by atoms with Crippen molar-refractivity contribution in [3.8, 4) is 0 Å². The van der Waals surface area contributed by atoms with Crippen molar-refractivity contribution in [1.82, 2.24) is 14.3 Å². The summed E-state index contributed by atoms with van der Waals surface area (Å²) in [7, 11) is 0. The molecule has 14 heavy (non-hydrogen) atoms. The van der Waals surface area contributed by atoms with Crippen LogP contribution in [-0.4, -0.2) is 27.1 Å². The minimum atomic E-state index is -0.407. The predicted molar refractivity (Wildman–Crippen MR) is 49.2 cm³/mol. The zero-order valence-electron chi connectivity index (χ0n) is 7.60. The van der Waals surface area contributed by atoms with Crippen LogP contribution >= 0.6 is 0 Å². The molecule has 0 bridgehead atoms. The van der Waals surface area contributed by atoms with Gasteiger partial charge in [0.1, 0.15) is 6.10 Å². The van der Waals surface area contributed by atoms with E-state index in [-0.39, 0.29) is 18.3 Å². The van der Waals surface area contributed by atoms with Gasteiger partial charge in [-0.15, -0.1) is 6.58 Å². The number of rotatable bonds is 4. The number of allylic oxidation sites excluding steroid dienone is 1. The number of aromatic nitrogens is 3.